The van der Waals surface area contributed by atoms with Crippen LogP contribution >= 0.6 is 11.3 Å². The highest BCUT2D eigenvalue weighted by Crippen LogP contribution is 2.25. The highest BCUT2D eigenvalue weighted by atomic mass is 32.1. The minimum absolute atomic E-state index is 0.148. The van der Waals surface area contributed by atoms with Gasteiger partial charge in [-0.1, -0.05) is 23.5 Å². The minimum atomic E-state index is -0.200. The average Bonchev–Trinajstić information content (AvgIpc) is 2.99. The first-order chi connectivity index (χ1) is 11.7. The molecule has 0 radical (unpaired) electrons. The van der Waals surface area contributed by atoms with Crippen LogP contribution in [0.4, 0.5) is 15.2 Å². The Kier molecular flexibility index (Phi) is 3.89. The van der Waals surface area contributed by atoms with Crippen LogP contribution < -0.4 is 15.8 Å². The number of nitrogens with zero attached hydrogens (tertiary/aromatic N) is 4. The molecule has 1 aliphatic heterocycles. The highest BCUT2D eigenvalue weighted by Gasteiger charge is 2.22. The molecule has 6 nitrogen and oxygen atoms in total. The fourth-order valence-corrected chi connectivity index (χ4v) is 3.85. The Balaban J connectivity index is 1.53. The number of rotatable bonds is 3. The number of hydrogen-bond donors (Lipinski definition) is 1. The molecule has 1 aromatic carbocycles. The number of benzene rings is 1. The summed E-state index contributed by atoms with van der Waals surface area (Å²) in [5, 5.41) is 8.30. The first-order valence-corrected chi connectivity index (χ1v) is 8.63. The topological polar surface area (TPSA) is 62.5 Å². The molecule has 2 aromatic heterocycles. The van der Waals surface area contributed by atoms with Crippen molar-refractivity contribution in [2.45, 2.75) is 18.9 Å². The third-order valence-electron chi connectivity index (χ3n) is 4.11. The van der Waals surface area contributed by atoms with E-state index < -0.39 is 0 Å². The van der Waals surface area contributed by atoms with Gasteiger partial charge in [-0.3, -0.25) is 4.79 Å². The maximum absolute atomic E-state index is 14.0. The zero-order chi connectivity index (χ0) is 16.5. The van der Waals surface area contributed by atoms with E-state index in [9.17, 15) is 9.18 Å². The normalized spacial score (nSPS) is 18.0. The lowest BCUT2D eigenvalue weighted by atomic mass is 10.1. The largest absolute Gasteiger partial charge is 0.367 e. The summed E-state index contributed by atoms with van der Waals surface area (Å²) in [6, 6.07) is 8.37. The Morgan fingerprint density at radius 3 is 3.00 bits per heavy atom. The van der Waals surface area contributed by atoms with Crippen LogP contribution in [0.5, 0.6) is 0 Å². The van der Waals surface area contributed by atoms with Gasteiger partial charge in [0.1, 0.15) is 5.82 Å². The number of nitrogens with one attached hydrogen (secondary N) is 1. The van der Waals surface area contributed by atoms with E-state index >= 15 is 0 Å². The van der Waals surface area contributed by atoms with Crippen molar-refractivity contribution in [3.8, 4) is 0 Å². The second kappa shape index (κ2) is 6.20. The number of fused-ring (bicyclic) bond motifs is 1. The molecule has 0 saturated carbocycles. The standard InChI is InChI=1S/C16H16FN5OS/c17-12-5-1-2-6-13(12)21-9-3-4-11(10-21)19-15-20-22-14(23)7-8-18-16(22)24-15/h1-2,5-8,11H,3-4,9-10H2,(H,19,20). The summed E-state index contributed by atoms with van der Waals surface area (Å²) in [7, 11) is 0. The van der Waals surface area contributed by atoms with E-state index in [1.165, 1.54) is 34.2 Å². The van der Waals surface area contributed by atoms with Gasteiger partial charge >= 0.3 is 0 Å². The summed E-state index contributed by atoms with van der Waals surface area (Å²) in [5.41, 5.74) is 0.437. The summed E-state index contributed by atoms with van der Waals surface area (Å²) in [4.78, 5) is 18.5. The Labute approximate surface area is 141 Å². The first-order valence-electron chi connectivity index (χ1n) is 7.81. The zero-order valence-electron chi connectivity index (χ0n) is 12.9. The molecule has 3 heterocycles. The van der Waals surface area contributed by atoms with E-state index in [4.69, 9.17) is 0 Å². The van der Waals surface area contributed by atoms with E-state index in [-0.39, 0.29) is 17.4 Å². The van der Waals surface area contributed by atoms with Gasteiger partial charge in [0, 0.05) is 31.4 Å². The number of para-hydroxylation sites is 1. The molecule has 24 heavy (non-hydrogen) atoms. The number of halogens is 1. The van der Waals surface area contributed by atoms with Gasteiger partial charge in [-0.2, -0.15) is 4.52 Å². The Bertz CT molecular complexity index is 924. The monoisotopic (exact) mass is 345 g/mol. The Hall–Kier alpha value is -2.48. The lowest BCUT2D eigenvalue weighted by Crippen LogP contribution is -2.42. The highest BCUT2D eigenvalue weighted by molar-refractivity contribution is 7.20. The van der Waals surface area contributed by atoms with Gasteiger partial charge < -0.3 is 10.2 Å². The van der Waals surface area contributed by atoms with Gasteiger partial charge in [-0.15, -0.1) is 5.10 Å². The van der Waals surface area contributed by atoms with Crippen molar-refractivity contribution in [2.24, 2.45) is 0 Å². The maximum atomic E-state index is 14.0. The van der Waals surface area contributed by atoms with Crippen molar-refractivity contribution in [1.29, 1.82) is 0 Å². The van der Waals surface area contributed by atoms with Gasteiger partial charge in [0.2, 0.25) is 10.1 Å². The van der Waals surface area contributed by atoms with Gasteiger partial charge in [0.25, 0.3) is 5.56 Å². The van der Waals surface area contributed by atoms with Crippen LogP contribution in [0.25, 0.3) is 4.96 Å². The van der Waals surface area contributed by atoms with E-state index in [1.54, 1.807) is 12.1 Å². The van der Waals surface area contributed by atoms with Crippen molar-refractivity contribution in [1.82, 2.24) is 14.6 Å². The lowest BCUT2D eigenvalue weighted by Gasteiger charge is -2.34. The summed E-state index contributed by atoms with van der Waals surface area (Å²) in [6.07, 6.45) is 3.43. The minimum Gasteiger partial charge on any atom is -0.367 e. The average molecular weight is 345 g/mol. The zero-order valence-corrected chi connectivity index (χ0v) is 13.7. The second-order valence-corrected chi connectivity index (χ2v) is 6.72. The molecule has 4 rings (SSSR count). The van der Waals surface area contributed by atoms with Crippen LogP contribution in [0.15, 0.2) is 41.3 Å². The predicted octanol–water partition coefficient (Wildman–Crippen LogP) is 2.37. The molecular formula is C16H16FN5OS. The van der Waals surface area contributed by atoms with Gasteiger partial charge in [0.15, 0.2) is 0 Å². The number of hydrogen-bond acceptors (Lipinski definition) is 6. The van der Waals surface area contributed by atoms with Gasteiger partial charge in [0.05, 0.1) is 5.69 Å². The molecule has 1 aliphatic rings. The summed E-state index contributed by atoms with van der Waals surface area (Å²) in [5.74, 6) is -0.200. The van der Waals surface area contributed by atoms with Crippen LogP contribution in [0, 0.1) is 5.82 Å². The first kappa shape index (κ1) is 15.1. The van der Waals surface area contributed by atoms with Crippen LogP contribution in [0.2, 0.25) is 0 Å². The molecule has 3 aromatic rings. The van der Waals surface area contributed by atoms with Gasteiger partial charge in [-0.05, 0) is 25.0 Å². The molecule has 1 atom stereocenters. The molecule has 0 bridgehead atoms. The quantitative estimate of drug-likeness (QED) is 0.790. The molecule has 124 valence electrons. The molecule has 0 aliphatic carbocycles. The van der Waals surface area contributed by atoms with Crippen molar-refractivity contribution < 1.29 is 4.39 Å². The smallest absolute Gasteiger partial charge is 0.275 e. The van der Waals surface area contributed by atoms with E-state index in [0.717, 1.165) is 19.4 Å². The van der Waals surface area contributed by atoms with E-state index in [1.807, 2.05) is 11.0 Å². The molecule has 1 fully saturated rings. The van der Waals surface area contributed by atoms with Crippen LogP contribution in [0.1, 0.15) is 12.8 Å². The molecule has 0 amide bonds. The number of piperidine rings is 1. The fraction of sp³-hybridized carbons (Fsp3) is 0.312. The third-order valence-corrected chi connectivity index (χ3v) is 4.97. The van der Waals surface area contributed by atoms with Crippen LogP contribution in [0.3, 0.4) is 0 Å². The number of anilines is 2. The van der Waals surface area contributed by atoms with Crippen molar-refractivity contribution in [2.75, 3.05) is 23.3 Å². The van der Waals surface area contributed by atoms with Crippen molar-refractivity contribution in [3.63, 3.8) is 0 Å². The van der Waals surface area contributed by atoms with E-state index in [0.29, 0.717) is 22.3 Å². The Morgan fingerprint density at radius 1 is 1.29 bits per heavy atom. The fourth-order valence-electron chi connectivity index (χ4n) is 3.00. The molecule has 1 N–H and O–H groups in total. The lowest BCUT2D eigenvalue weighted by molar-refractivity contribution is 0.518. The number of aromatic nitrogens is 3. The third kappa shape index (κ3) is 2.84. The van der Waals surface area contributed by atoms with Crippen LogP contribution in [-0.2, 0) is 0 Å². The summed E-state index contributed by atoms with van der Waals surface area (Å²) < 4.78 is 15.3. The SMILES string of the molecule is O=c1ccnc2sc(NC3CCCN(c4ccccc4F)C3)nn12. The maximum Gasteiger partial charge on any atom is 0.275 e. The van der Waals surface area contributed by atoms with Gasteiger partial charge in [-0.25, -0.2) is 9.37 Å². The predicted molar refractivity (Wildman–Crippen MR) is 92.4 cm³/mol. The molecule has 0 spiro atoms. The van der Waals surface area contributed by atoms with E-state index in [2.05, 4.69) is 15.4 Å². The van der Waals surface area contributed by atoms with Crippen molar-refractivity contribution >= 4 is 27.1 Å². The van der Waals surface area contributed by atoms with Crippen LogP contribution in [-0.4, -0.2) is 33.7 Å². The summed E-state index contributed by atoms with van der Waals surface area (Å²) >= 11 is 1.34. The molecule has 1 saturated heterocycles. The molecule has 1 unspecified atom stereocenters. The Morgan fingerprint density at radius 2 is 2.17 bits per heavy atom. The molecular weight excluding hydrogens is 329 g/mol. The van der Waals surface area contributed by atoms with Crippen molar-refractivity contribution in [3.05, 3.63) is 52.7 Å². The summed E-state index contributed by atoms with van der Waals surface area (Å²) in [6.45, 7) is 1.53. The molecule has 8 heteroatoms. The second-order valence-electron chi connectivity index (χ2n) is 5.77.